The van der Waals surface area contributed by atoms with Crippen molar-refractivity contribution < 1.29 is 114 Å². The first kappa shape index (κ1) is 58.6. The third-order valence-corrected chi connectivity index (χ3v) is 21.0. The van der Waals surface area contributed by atoms with E-state index in [1.165, 1.54) is 5.57 Å². The highest BCUT2D eigenvalue weighted by Crippen LogP contribution is 2.76. The van der Waals surface area contributed by atoms with Crippen LogP contribution in [0.3, 0.4) is 0 Å². The number of allylic oxidation sites excluding steroid dienone is 2. The highest BCUT2D eigenvalue weighted by atomic mass is 16.8. The van der Waals surface area contributed by atoms with E-state index in [0.717, 1.165) is 25.7 Å². The number of carbonyl (C=O) groups excluding carboxylic acids is 1. The van der Waals surface area contributed by atoms with Crippen molar-refractivity contribution in [3.63, 3.8) is 0 Å². The fourth-order valence-corrected chi connectivity index (χ4v) is 16.3. The second-order valence-electron chi connectivity index (χ2n) is 25.8. The normalized spacial score (nSPS) is 52.8. The average Bonchev–Trinajstić information content (AvgIpc) is 3.66. The van der Waals surface area contributed by atoms with Crippen molar-refractivity contribution in [2.45, 2.75) is 235 Å². The lowest BCUT2D eigenvalue weighted by molar-refractivity contribution is -0.378. The van der Waals surface area contributed by atoms with Crippen LogP contribution in [0.5, 0.6) is 0 Å². The van der Waals surface area contributed by atoms with E-state index in [9.17, 15) is 76.0 Å². The molecule has 0 aromatic carbocycles. The molecule has 4 heterocycles. The minimum absolute atomic E-state index is 0.0281. The lowest BCUT2D eigenvalue weighted by Gasteiger charge is -2.71. The quantitative estimate of drug-likeness (QED) is 0.0613. The molecule has 9 aliphatic rings. The molecule has 0 spiro atoms. The van der Waals surface area contributed by atoms with Crippen LogP contribution in [0.4, 0.5) is 0 Å². The van der Waals surface area contributed by atoms with E-state index in [-0.39, 0.29) is 39.4 Å². The van der Waals surface area contributed by atoms with E-state index in [1.807, 2.05) is 0 Å². The minimum atomic E-state index is -2.03. The van der Waals surface area contributed by atoms with Crippen molar-refractivity contribution in [3.8, 4) is 0 Å². The predicted octanol–water partition coefficient (Wildman–Crippen LogP) is -1.30. The van der Waals surface area contributed by atoms with Crippen molar-refractivity contribution in [1.82, 2.24) is 0 Å². The zero-order valence-corrected chi connectivity index (χ0v) is 44.4. The van der Waals surface area contributed by atoms with Gasteiger partial charge in [-0.15, -0.1) is 0 Å². The molecule has 27 atom stereocenters. The van der Waals surface area contributed by atoms with E-state index in [1.54, 1.807) is 0 Å². The van der Waals surface area contributed by atoms with E-state index in [4.69, 9.17) is 37.9 Å². The Morgan fingerprint density at radius 1 is 0.566 bits per heavy atom. The maximum Gasteiger partial charge on any atom is 0.335 e. The van der Waals surface area contributed by atoms with Gasteiger partial charge in [-0.3, -0.25) is 4.79 Å². The molecule has 434 valence electrons. The third-order valence-electron chi connectivity index (χ3n) is 21.0. The van der Waals surface area contributed by atoms with E-state index < -0.39 is 165 Å². The van der Waals surface area contributed by atoms with E-state index >= 15 is 0 Å². The first-order valence-electron chi connectivity index (χ1n) is 27.2. The van der Waals surface area contributed by atoms with Crippen molar-refractivity contribution in [2.75, 3.05) is 19.8 Å². The molecule has 4 aliphatic heterocycles. The molecule has 0 bridgehead atoms. The second kappa shape index (κ2) is 21.0. The van der Waals surface area contributed by atoms with Gasteiger partial charge >= 0.3 is 11.9 Å². The molecule has 5 aliphatic carbocycles. The molecule has 0 aromatic heterocycles. The molecular weight excluding hydrogens is 1000 g/mol. The fourth-order valence-electron chi connectivity index (χ4n) is 16.3. The van der Waals surface area contributed by atoms with Gasteiger partial charge < -0.3 is 104 Å². The molecule has 4 saturated heterocycles. The second-order valence-corrected chi connectivity index (χ2v) is 25.8. The summed E-state index contributed by atoms with van der Waals surface area (Å²) in [6.07, 6.45) is -24.5. The van der Waals surface area contributed by atoms with Gasteiger partial charge in [0.2, 0.25) is 6.29 Å². The fraction of sp³-hybridized carbons (Fsp3) is 0.925. The van der Waals surface area contributed by atoms with Crippen LogP contribution in [-0.4, -0.2) is 221 Å². The van der Waals surface area contributed by atoms with Crippen LogP contribution < -0.4 is 0 Å². The highest BCUT2D eigenvalue weighted by molar-refractivity contribution is 5.79. The number of fused-ring (bicyclic) bond motifs is 7. The van der Waals surface area contributed by atoms with Crippen LogP contribution in [0.25, 0.3) is 0 Å². The molecule has 23 nitrogen and oxygen atoms in total. The number of aliphatic hydroxyl groups excluding tert-OH is 12. The maximum atomic E-state index is 14.8. The molecule has 4 saturated carbocycles. The molecule has 13 N–H and O–H groups in total. The summed E-state index contributed by atoms with van der Waals surface area (Å²) < 4.78 is 47.6. The van der Waals surface area contributed by atoms with Gasteiger partial charge in [-0.05, 0) is 109 Å². The Morgan fingerprint density at radius 2 is 1.08 bits per heavy atom. The third kappa shape index (κ3) is 9.33. The Morgan fingerprint density at radius 3 is 1.66 bits per heavy atom. The number of esters is 1. The number of carboxylic acid groups (broad SMARTS) is 1. The monoisotopic (exact) mass is 1090 g/mol. The number of carboxylic acids is 1. The number of aliphatic carboxylic acids is 1. The summed E-state index contributed by atoms with van der Waals surface area (Å²) in [5, 5.41) is 138. The van der Waals surface area contributed by atoms with Gasteiger partial charge in [-0.1, -0.05) is 60.1 Å². The molecule has 0 aromatic rings. The molecule has 9 rings (SSSR count). The van der Waals surface area contributed by atoms with Crippen LogP contribution in [0.15, 0.2) is 11.6 Å². The Bertz CT molecular complexity index is 2140. The van der Waals surface area contributed by atoms with Gasteiger partial charge in [0.05, 0.1) is 31.3 Å². The predicted molar refractivity (Wildman–Crippen MR) is 257 cm³/mol. The Labute approximate surface area is 442 Å². The van der Waals surface area contributed by atoms with Crippen molar-refractivity contribution in [2.24, 2.45) is 50.2 Å². The Kier molecular flexibility index (Phi) is 16.2. The summed E-state index contributed by atoms with van der Waals surface area (Å²) in [5.74, 6) is -2.16. The molecule has 8 fully saturated rings. The van der Waals surface area contributed by atoms with Crippen molar-refractivity contribution in [1.29, 1.82) is 0 Å². The lowest BCUT2D eigenvalue weighted by Crippen LogP contribution is -2.68. The van der Waals surface area contributed by atoms with Gasteiger partial charge in [-0.2, -0.15) is 0 Å². The minimum Gasteiger partial charge on any atom is -0.479 e. The summed E-state index contributed by atoms with van der Waals surface area (Å²) in [7, 11) is 0. The van der Waals surface area contributed by atoms with Gasteiger partial charge in [0.25, 0.3) is 0 Å². The Balaban J connectivity index is 0.970. The van der Waals surface area contributed by atoms with Crippen LogP contribution in [0, 0.1) is 50.2 Å². The molecule has 0 amide bonds. The zero-order valence-electron chi connectivity index (χ0n) is 44.4. The van der Waals surface area contributed by atoms with Gasteiger partial charge in [0.1, 0.15) is 85.5 Å². The SMILES string of the molecule is CC1(C)CC[C@]2(C(=O)O[C@@H]3O[C@H](CO)[C@@H](O)[C@H](O)[C@H]3O)CC[C@]3(C)C(=CCC4[C@@]5(C)CC[C@H](O[C@@H]6O[C@H](C(=O)O)[C@@H](O[C@@H]7O[C@@H](CO)[C@H](O)[C@H]7O)[C@H](O[C@@H]7O[C@H](CO)[C@@H](O)[C@H](O)[C@H]7O)[C@H]6O)C(C)(C)C5CC[C@]43C)C2C1. The number of ether oxygens (including phenoxy) is 8. The molecular formula is C53H84O23. The first-order valence-corrected chi connectivity index (χ1v) is 27.2. The highest BCUT2D eigenvalue weighted by Gasteiger charge is 2.70. The van der Waals surface area contributed by atoms with Crippen LogP contribution in [0.1, 0.15) is 113 Å². The van der Waals surface area contributed by atoms with Crippen LogP contribution in [-0.2, 0) is 47.5 Å². The molecule has 76 heavy (non-hydrogen) atoms. The smallest absolute Gasteiger partial charge is 0.335 e. The molecule has 3 unspecified atom stereocenters. The summed E-state index contributed by atoms with van der Waals surface area (Å²) in [5.41, 5.74) is -1.33. The van der Waals surface area contributed by atoms with E-state index in [2.05, 4.69) is 54.5 Å². The number of carbonyl (C=O) groups is 2. The van der Waals surface area contributed by atoms with Crippen molar-refractivity contribution in [3.05, 3.63) is 11.6 Å². The van der Waals surface area contributed by atoms with E-state index in [0.29, 0.717) is 38.5 Å². The number of hydrogen-bond acceptors (Lipinski definition) is 22. The van der Waals surface area contributed by atoms with Gasteiger partial charge in [0, 0.05) is 0 Å². The van der Waals surface area contributed by atoms with Gasteiger partial charge in [0.15, 0.2) is 25.0 Å². The summed E-state index contributed by atoms with van der Waals surface area (Å²) in [6.45, 7) is 13.5. The molecule has 23 heteroatoms. The lowest BCUT2D eigenvalue weighted by atomic mass is 9.33. The summed E-state index contributed by atoms with van der Waals surface area (Å²) >= 11 is 0. The summed E-state index contributed by atoms with van der Waals surface area (Å²) in [6, 6.07) is 0. The maximum absolute atomic E-state index is 14.8. The zero-order chi connectivity index (χ0) is 55.6. The number of aliphatic hydroxyl groups is 12. The molecule has 0 radical (unpaired) electrons. The largest absolute Gasteiger partial charge is 0.479 e. The van der Waals surface area contributed by atoms with Crippen molar-refractivity contribution >= 4 is 11.9 Å². The number of rotatable bonds is 12. The first-order chi connectivity index (χ1) is 35.5. The summed E-state index contributed by atoms with van der Waals surface area (Å²) in [4.78, 5) is 27.9. The van der Waals surface area contributed by atoms with Gasteiger partial charge in [-0.25, -0.2) is 4.79 Å². The number of hydrogen-bond donors (Lipinski definition) is 13. The average molecular weight is 1090 g/mol. The topological polar surface area (TPSA) is 371 Å². The van der Waals surface area contributed by atoms with Crippen LogP contribution in [0.2, 0.25) is 0 Å². The van der Waals surface area contributed by atoms with Crippen LogP contribution >= 0.6 is 0 Å². The standard InChI is InChI=1S/C53H84O23/c1-48(2)14-16-53(47(68)76-45-37(64)34(61)31(58)25(20-55)71-45)17-15-51(6)22(23(53)18-48)8-9-28-50(5)12-11-29(49(3,4)27(50)10-13-52(28,51)7)72-46-38(65)39(73-44-36(63)33(60)30(57)24(19-54)69-44)40(41(75-46)42(66)67)74-43-35(62)32(59)26(21-56)70-43/h8,23-41,43-46,54-65H,9-21H2,1-7H3,(H,66,67)/t23?,24-,25-,26+,27?,28?,29+,30-,31-,32+,33+,34+,35-,36-,37-,38-,39-,40+,41+,43+,44+,45+,46-,50+,51-,52-,53+/m1/s1. The Hall–Kier alpha value is -2.08.